The van der Waals surface area contributed by atoms with Gasteiger partial charge < -0.3 is 13.9 Å². The summed E-state index contributed by atoms with van der Waals surface area (Å²) in [5.74, 6) is -0.939. The van der Waals surface area contributed by atoms with Crippen LogP contribution in [0.15, 0.2) is 63.1 Å². The van der Waals surface area contributed by atoms with Gasteiger partial charge in [0.25, 0.3) is 5.91 Å². The van der Waals surface area contributed by atoms with Gasteiger partial charge in [0.1, 0.15) is 11.3 Å². The first kappa shape index (κ1) is 22.5. The molecule has 4 rings (SSSR count). The van der Waals surface area contributed by atoms with E-state index in [0.29, 0.717) is 27.2 Å². The predicted molar refractivity (Wildman–Crippen MR) is 125 cm³/mol. The fraction of sp³-hybridized carbons (Fsp3) is 0.130. The Morgan fingerprint density at radius 1 is 1.15 bits per heavy atom. The predicted octanol–water partition coefficient (Wildman–Crippen LogP) is 4.44. The van der Waals surface area contributed by atoms with Crippen molar-refractivity contribution < 1.29 is 23.5 Å². The fourth-order valence-electron chi connectivity index (χ4n) is 3.00. The second kappa shape index (κ2) is 9.85. The molecule has 1 N–H and O–H groups in total. The summed E-state index contributed by atoms with van der Waals surface area (Å²) >= 11 is 7.39. The van der Waals surface area contributed by atoms with Crippen LogP contribution in [0.3, 0.4) is 0 Å². The minimum Gasteiger partial charge on any atom is -0.482 e. The van der Waals surface area contributed by atoms with Crippen LogP contribution in [-0.2, 0) is 14.3 Å². The van der Waals surface area contributed by atoms with Crippen LogP contribution in [0.5, 0.6) is 5.75 Å². The van der Waals surface area contributed by atoms with Crippen LogP contribution in [0.1, 0.15) is 5.56 Å². The average Bonchev–Trinajstić information content (AvgIpc) is 3.24. The number of carbonyl (C=O) groups excluding carboxylic acids is 2. The highest BCUT2D eigenvalue weighted by Crippen LogP contribution is 2.30. The molecule has 0 fully saturated rings. The standard InChI is InChI=1S/C23H17ClN2O6S/c1-13-8-21(28)32-19-9-14(6-7-15(13)19)30-11-22(29)31-10-20(27)26-23-25-18(12-33-23)16-4-2-3-5-17(16)24/h2-9,12H,10-11H2,1H3,(H,25,26,27). The van der Waals surface area contributed by atoms with Crippen molar-refractivity contribution in [2.75, 3.05) is 18.5 Å². The maximum Gasteiger partial charge on any atom is 0.344 e. The molecule has 10 heteroatoms. The van der Waals surface area contributed by atoms with E-state index in [4.69, 9.17) is 25.5 Å². The summed E-state index contributed by atoms with van der Waals surface area (Å²) in [5.41, 5.74) is 2.04. The molecule has 0 aliphatic rings. The third kappa shape index (κ3) is 5.57. The highest BCUT2D eigenvalue weighted by atomic mass is 35.5. The van der Waals surface area contributed by atoms with Gasteiger partial charge in [-0.2, -0.15) is 0 Å². The molecule has 0 unspecified atom stereocenters. The molecule has 2 aromatic carbocycles. The highest BCUT2D eigenvalue weighted by molar-refractivity contribution is 7.14. The van der Waals surface area contributed by atoms with E-state index in [1.807, 2.05) is 18.2 Å². The number of aryl methyl sites for hydroxylation is 1. The molecular weight excluding hydrogens is 468 g/mol. The van der Waals surface area contributed by atoms with Crippen LogP contribution in [0, 0.1) is 6.92 Å². The molecule has 33 heavy (non-hydrogen) atoms. The Kier molecular flexibility index (Phi) is 6.71. The summed E-state index contributed by atoms with van der Waals surface area (Å²) in [7, 11) is 0. The fourth-order valence-corrected chi connectivity index (χ4v) is 3.96. The number of halogens is 1. The van der Waals surface area contributed by atoms with E-state index in [2.05, 4.69) is 10.3 Å². The first-order chi connectivity index (χ1) is 15.9. The molecule has 168 valence electrons. The first-order valence-electron chi connectivity index (χ1n) is 9.72. The molecular formula is C23H17ClN2O6S. The lowest BCUT2D eigenvalue weighted by molar-refractivity contribution is -0.149. The molecule has 1 amide bonds. The Labute approximate surface area is 196 Å². The van der Waals surface area contributed by atoms with Gasteiger partial charge >= 0.3 is 11.6 Å². The number of aromatic nitrogens is 1. The number of ether oxygens (including phenoxy) is 2. The average molecular weight is 485 g/mol. The van der Waals surface area contributed by atoms with E-state index in [0.717, 1.165) is 16.5 Å². The summed E-state index contributed by atoms with van der Waals surface area (Å²) in [6.45, 7) is 0.892. The van der Waals surface area contributed by atoms with E-state index in [1.54, 1.807) is 30.5 Å². The lowest BCUT2D eigenvalue weighted by Gasteiger charge is -2.08. The van der Waals surface area contributed by atoms with E-state index < -0.39 is 30.7 Å². The molecule has 0 saturated carbocycles. The quantitative estimate of drug-likeness (QED) is 0.305. The second-order valence-electron chi connectivity index (χ2n) is 6.92. The zero-order chi connectivity index (χ0) is 23.4. The minimum absolute atomic E-state index is 0.326. The van der Waals surface area contributed by atoms with Gasteiger partial charge in [-0.1, -0.05) is 29.8 Å². The van der Waals surface area contributed by atoms with Crippen LogP contribution in [0.2, 0.25) is 5.02 Å². The van der Waals surface area contributed by atoms with Gasteiger partial charge in [-0.05, 0) is 30.7 Å². The number of anilines is 1. The van der Waals surface area contributed by atoms with Crippen molar-refractivity contribution in [3.05, 3.63) is 74.9 Å². The van der Waals surface area contributed by atoms with E-state index in [9.17, 15) is 14.4 Å². The van der Waals surface area contributed by atoms with Crippen molar-refractivity contribution >= 4 is 50.9 Å². The van der Waals surface area contributed by atoms with E-state index in [-0.39, 0.29) is 0 Å². The summed E-state index contributed by atoms with van der Waals surface area (Å²) in [5, 5.41) is 6.02. The van der Waals surface area contributed by atoms with E-state index in [1.165, 1.54) is 23.5 Å². The van der Waals surface area contributed by atoms with Gasteiger partial charge in [-0.3, -0.25) is 10.1 Å². The maximum absolute atomic E-state index is 12.1. The molecule has 8 nitrogen and oxygen atoms in total. The van der Waals surface area contributed by atoms with Gasteiger partial charge in [-0.15, -0.1) is 11.3 Å². The maximum atomic E-state index is 12.1. The molecule has 0 aliphatic carbocycles. The Morgan fingerprint density at radius 2 is 1.97 bits per heavy atom. The van der Waals surface area contributed by atoms with Crippen molar-refractivity contribution in [1.29, 1.82) is 0 Å². The van der Waals surface area contributed by atoms with Gasteiger partial charge in [-0.25, -0.2) is 14.6 Å². The third-order valence-electron chi connectivity index (χ3n) is 4.54. The number of carbonyl (C=O) groups is 2. The number of nitrogens with one attached hydrogen (secondary N) is 1. The van der Waals surface area contributed by atoms with Gasteiger partial charge in [0.15, 0.2) is 18.3 Å². The van der Waals surface area contributed by atoms with Gasteiger partial charge in [0.05, 0.1) is 5.69 Å². The van der Waals surface area contributed by atoms with Gasteiger partial charge in [0, 0.05) is 33.5 Å². The van der Waals surface area contributed by atoms with Crippen molar-refractivity contribution in [2.45, 2.75) is 6.92 Å². The molecule has 0 spiro atoms. The van der Waals surface area contributed by atoms with Gasteiger partial charge in [0.2, 0.25) is 0 Å². The van der Waals surface area contributed by atoms with E-state index >= 15 is 0 Å². The number of hydrogen-bond donors (Lipinski definition) is 1. The van der Waals surface area contributed by atoms with Crippen LogP contribution >= 0.6 is 22.9 Å². The third-order valence-corrected chi connectivity index (χ3v) is 5.63. The number of esters is 1. The summed E-state index contributed by atoms with van der Waals surface area (Å²) in [4.78, 5) is 39.9. The summed E-state index contributed by atoms with van der Waals surface area (Å²) < 4.78 is 15.5. The molecule has 0 bridgehead atoms. The largest absolute Gasteiger partial charge is 0.482 e. The number of fused-ring (bicyclic) bond motifs is 1. The number of nitrogens with zero attached hydrogens (tertiary/aromatic N) is 1. The topological polar surface area (TPSA) is 108 Å². The number of benzene rings is 2. The van der Waals surface area contributed by atoms with Crippen LogP contribution in [-0.4, -0.2) is 30.1 Å². The summed E-state index contributed by atoms with van der Waals surface area (Å²) in [6.07, 6.45) is 0. The molecule has 0 saturated heterocycles. The van der Waals surface area contributed by atoms with Crippen LogP contribution < -0.4 is 15.7 Å². The molecule has 0 radical (unpaired) electrons. The lowest BCUT2D eigenvalue weighted by atomic mass is 10.1. The van der Waals surface area contributed by atoms with Crippen LogP contribution in [0.4, 0.5) is 5.13 Å². The first-order valence-corrected chi connectivity index (χ1v) is 11.0. The Balaban J connectivity index is 1.27. The molecule has 2 aromatic heterocycles. The Morgan fingerprint density at radius 3 is 2.79 bits per heavy atom. The SMILES string of the molecule is Cc1cc(=O)oc2cc(OCC(=O)OCC(=O)Nc3nc(-c4ccccc4Cl)cs3)ccc12. The molecule has 0 aliphatic heterocycles. The van der Waals surface area contributed by atoms with Crippen molar-refractivity contribution in [3.8, 4) is 17.0 Å². The Hall–Kier alpha value is -3.69. The smallest absolute Gasteiger partial charge is 0.344 e. The number of thiazole rings is 1. The number of rotatable bonds is 7. The molecule has 0 atom stereocenters. The summed E-state index contributed by atoms with van der Waals surface area (Å²) in [6, 6.07) is 13.5. The normalized spacial score (nSPS) is 10.7. The molecule has 4 aromatic rings. The monoisotopic (exact) mass is 484 g/mol. The minimum atomic E-state index is -0.730. The number of amides is 1. The second-order valence-corrected chi connectivity index (χ2v) is 8.19. The Bertz CT molecular complexity index is 1400. The van der Waals surface area contributed by atoms with Crippen molar-refractivity contribution in [3.63, 3.8) is 0 Å². The van der Waals surface area contributed by atoms with Crippen molar-refractivity contribution in [2.24, 2.45) is 0 Å². The zero-order valence-corrected chi connectivity index (χ0v) is 18.9. The molecule has 2 heterocycles. The highest BCUT2D eigenvalue weighted by Gasteiger charge is 2.13. The zero-order valence-electron chi connectivity index (χ0n) is 17.3. The number of hydrogen-bond acceptors (Lipinski definition) is 8. The lowest BCUT2D eigenvalue weighted by Crippen LogP contribution is -2.23. The van der Waals surface area contributed by atoms with Crippen molar-refractivity contribution in [1.82, 2.24) is 4.98 Å². The van der Waals surface area contributed by atoms with Crippen LogP contribution in [0.25, 0.3) is 22.2 Å².